The minimum atomic E-state index is 0.0544. The average molecular weight is 484 g/mol. The lowest BCUT2D eigenvalue weighted by Gasteiger charge is -2.13. The van der Waals surface area contributed by atoms with Crippen molar-refractivity contribution in [1.29, 1.82) is 0 Å². The number of methoxy groups -OCH3 is 2. The molecule has 3 aromatic heterocycles. The molecule has 0 fully saturated rings. The molecule has 0 unspecified atom stereocenters. The topological polar surface area (TPSA) is 79.4 Å². The van der Waals surface area contributed by atoms with Crippen molar-refractivity contribution in [2.75, 3.05) is 14.2 Å². The maximum atomic E-state index is 13.7. The van der Waals surface area contributed by atoms with E-state index in [-0.39, 0.29) is 5.56 Å². The molecule has 9 heteroatoms. The smallest absolute Gasteiger partial charge is 0.263 e. The lowest BCUT2D eigenvalue weighted by atomic mass is 10.1. The van der Waals surface area contributed by atoms with Gasteiger partial charge < -0.3 is 14.0 Å². The summed E-state index contributed by atoms with van der Waals surface area (Å²) < 4.78 is 17.8. The summed E-state index contributed by atoms with van der Waals surface area (Å²) >= 11 is 3.19. The van der Waals surface area contributed by atoms with Crippen LogP contribution >= 0.6 is 23.1 Å². The summed E-state index contributed by atoms with van der Waals surface area (Å²) in [7, 11) is 3.25. The van der Waals surface area contributed by atoms with Crippen LogP contribution in [0.2, 0.25) is 0 Å². The number of fused-ring (bicyclic) bond motifs is 3. The summed E-state index contributed by atoms with van der Waals surface area (Å²) in [6.45, 7) is 2.40. The Kier molecular flexibility index (Phi) is 6.16. The predicted molar refractivity (Wildman–Crippen MR) is 130 cm³/mol. The predicted octanol–water partition coefficient (Wildman–Crippen LogP) is 4.80. The highest BCUT2D eigenvalue weighted by atomic mass is 32.2. The Morgan fingerprint density at radius 2 is 2.03 bits per heavy atom. The van der Waals surface area contributed by atoms with Crippen molar-refractivity contribution in [3.63, 3.8) is 0 Å². The molecule has 0 N–H and O–H groups in total. The molecule has 33 heavy (non-hydrogen) atoms. The zero-order valence-electron chi connectivity index (χ0n) is 18.8. The summed E-state index contributed by atoms with van der Waals surface area (Å²) in [5.74, 6) is 2.74. The van der Waals surface area contributed by atoms with Gasteiger partial charge in [-0.2, -0.15) is 0 Å². The monoisotopic (exact) mass is 483 g/mol. The van der Waals surface area contributed by atoms with Crippen LogP contribution in [0.25, 0.3) is 10.2 Å². The average Bonchev–Trinajstić information content (AvgIpc) is 3.52. The number of thioether (sulfide) groups is 1. The van der Waals surface area contributed by atoms with E-state index >= 15 is 0 Å². The normalized spacial score (nSPS) is 12.9. The first-order chi connectivity index (χ1) is 16.1. The van der Waals surface area contributed by atoms with Crippen molar-refractivity contribution in [2.45, 2.75) is 50.1 Å². The molecule has 0 radical (unpaired) electrons. The Morgan fingerprint density at radius 3 is 2.79 bits per heavy atom. The summed E-state index contributed by atoms with van der Waals surface area (Å²) in [4.78, 5) is 20.8. The van der Waals surface area contributed by atoms with Gasteiger partial charge in [0.25, 0.3) is 5.56 Å². The van der Waals surface area contributed by atoms with Gasteiger partial charge in [-0.3, -0.25) is 9.36 Å². The van der Waals surface area contributed by atoms with Gasteiger partial charge in [0.1, 0.15) is 10.6 Å². The highest BCUT2D eigenvalue weighted by Crippen LogP contribution is 2.36. The van der Waals surface area contributed by atoms with E-state index in [9.17, 15) is 4.79 Å². The maximum absolute atomic E-state index is 13.7. The van der Waals surface area contributed by atoms with Crippen molar-refractivity contribution in [1.82, 2.24) is 14.7 Å². The second-order valence-electron chi connectivity index (χ2n) is 8.05. The van der Waals surface area contributed by atoms with Crippen molar-refractivity contribution in [2.24, 2.45) is 0 Å². The summed E-state index contributed by atoms with van der Waals surface area (Å²) in [6, 6.07) is 7.78. The first-order valence-corrected chi connectivity index (χ1v) is 12.7. The van der Waals surface area contributed by atoms with Gasteiger partial charge in [-0.1, -0.05) is 23.0 Å². The SMILES string of the molecule is COc1ccc(CCn2c(SCc3cc(C)on3)nc3sc4c(c3c2=O)CCC4)cc1OC. The number of thiophene rings is 1. The first kappa shape index (κ1) is 22.0. The number of nitrogens with zero attached hydrogens (tertiary/aromatic N) is 3. The number of hydrogen-bond donors (Lipinski definition) is 0. The number of ether oxygens (including phenoxy) is 2. The fourth-order valence-electron chi connectivity index (χ4n) is 4.27. The van der Waals surface area contributed by atoms with Gasteiger partial charge in [0.2, 0.25) is 0 Å². The molecule has 4 aromatic rings. The number of aryl methyl sites for hydroxylation is 4. The molecule has 5 rings (SSSR count). The zero-order valence-corrected chi connectivity index (χ0v) is 20.5. The van der Waals surface area contributed by atoms with Gasteiger partial charge in [-0.15, -0.1) is 11.3 Å². The zero-order chi connectivity index (χ0) is 22.9. The molecule has 7 nitrogen and oxygen atoms in total. The van der Waals surface area contributed by atoms with Gasteiger partial charge in [-0.05, 0) is 55.9 Å². The Morgan fingerprint density at radius 1 is 1.18 bits per heavy atom. The van der Waals surface area contributed by atoms with E-state index in [0.717, 1.165) is 46.5 Å². The lowest BCUT2D eigenvalue weighted by molar-refractivity contribution is 0.354. The van der Waals surface area contributed by atoms with E-state index in [4.69, 9.17) is 19.0 Å². The van der Waals surface area contributed by atoms with Gasteiger partial charge >= 0.3 is 0 Å². The summed E-state index contributed by atoms with van der Waals surface area (Å²) in [5.41, 5.74) is 3.17. The molecule has 3 heterocycles. The second kappa shape index (κ2) is 9.23. The molecular weight excluding hydrogens is 458 g/mol. The van der Waals surface area contributed by atoms with E-state index in [0.29, 0.717) is 35.4 Å². The number of rotatable bonds is 8. The van der Waals surface area contributed by atoms with Gasteiger partial charge in [-0.25, -0.2) is 4.98 Å². The third-order valence-corrected chi connectivity index (χ3v) is 8.08. The van der Waals surface area contributed by atoms with Crippen molar-refractivity contribution in [3.05, 3.63) is 62.1 Å². The molecule has 0 amide bonds. The summed E-state index contributed by atoms with van der Waals surface area (Å²) in [5, 5.41) is 5.60. The van der Waals surface area contributed by atoms with Crippen molar-refractivity contribution >= 4 is 33.3 Å². The van der Waals surface area contributed by atoms with Gasteiger partial charge in [0, 0.05) is 23.2 Å². The van der Waals surface area contributed by atoms with Crippen LogP contribution in [0.3, 0.4) is 0 Å². The third-order valence-electron chi connectivity index (χ3n) is 5.89. The Bertz CT molecular complexity index is 1370. The molecule has 172 valence electrons. The molecule has 0 bridgehead atoms. The van der Waals surface area contributed by atoms with Crippen LogP contribution in [0, 0.1) is 6.92 Å². The van der Waals surface area contributed by atoms with Crippen LogP contribution in [-0.4, -0.2) is 28.9 Å². The third kappa shape index (κ3) is 4.27. The quantitative estimate of drug-likeness (QED) is 0.263. The fourth-order valence-corrected chi connectivity index (χ4v) is 6.48. The Balaban J connectivity index is 1.49. The highest BCUT2D eigenvalue weighted by Gasteiger charge is 2.23. The van der Waals surface area contributed by atoms with Crippen LogP contribution in [-0.2, 0) is 31.6 Å². The number of hydrogen-bond acceptors (Lipinski definition) is 8. The van der Waals surface area contributed by atoms with E-state index in [1.165, 1.54) is 22.2 Å². The largest absolute Gasteiger partial charge is 0.493 e. The molecular formula is C24H25N3O4S2. The van der Waals surface area contributed by atoms with Gasteiger partial charge in [0.15, 0.2) is 16.7 Å². The molecule has 0 aliphatic heterocycles. The molecule has 0 spiro atoms. The molecule has 0 atom stereocenters. The van der Waals surface area contributed by atoms with Crippen LogP contribution in [0.5, 0.6) is 11.5 Å². The second-order valence-corrected chi connectivity index (χ2v) is 10.1. The number of aromatic nitrogens is 3. The lowest BCUT2D eigenvalue weighted by Crippen LogP contribution is -2.24. The molecule has 1 aliphatic carbocycles. The maximum Gasteiger partial charge on any atom is 0.263 e. The number of benzene rings is 1. The van der Waals surface area contributed by atoms with Crippen molar-refractivity contribution < 1.29 is 14.0 Å². The van der Waals surface area contributed by atoms with Crippen LogP contribution in [0.1, 0.15) is 33.9 Å². The van der Waals surface area contributed by atoms with Crippen molar-refractivity contribution in [3.8, 4) is 11.5 Å². The minimum Gasteiger partial charge on any atom is -0.493 e. The van der Waals surface area contributed by atoms with Crippen LogP contribution in [0.4, 0.5) is 0 Å². The first-order valence-electron chi connectivity index (χ1n) is 10.9. The molecule has 1 aromatic carbocycles. The standard InChI is InChI=1S/C24H25N3O4S2/c1-14-11-16(26-31-14)13-32-24-25-22-21(17-5-4-6-20(17)33-22)23(28)27(24)10-9-15-7-8-18(29-2)19(12-15)30-3/h7-8,11-12H,4-6,9-10,13H2,1-3H3. The highest BCUT2D eigenvalue weighted by molar-refractivity contribution is 7.98. The van der Waals surface area contributed by atoms with E-state index in [1.807, 2.05) is 35.8 Å². The Labute approximate surface area is 199 Å². The van der Waals surface area contributed by atoms with Crippen LogP contribution < -0.4 is 15.0 Å². The fraction of sp³-hybridized carbons (Fsp3) is 0.375. The van der Waals surface area contributed by atoms with E-state index in [1.54, 1.807) is 25.6 Å². The minimum absolute atomic E-state index is 0.0544. The molecule has 0 saturated carbocycles. The molecule has 0 saturated heterocycles. The van der Waals surface area contributed by atoms with Crippen LogP contribution in [0.15, 0.2) is 38.7 Å². The van der Waals surface area contributed by atoms with E-state index < -0.39 is 0 Å². The summed E-state index contributed by atoms with van der Waals surface area (Å²) in [6.07, 6.45) is 3.80. The van der Waals surface area contributed by atoms with E-state index in [2.05, 4.69) is 5.16 Å². The Hall–Kier alpha value is -2.78. The van der Waals surface area contributed by atoms with Gasteiger partial charge in [0.05, 0.1) is 25.3 Å². The molecule has 1 aliphatic rings.